The molecule has 0 amide bonds. The summed E-state index contributed by atoms with van der Waals surface area (Å²) in [6, 6.07) is 65.8. The van der Waals surface area contributed by atoms with E-state index in [9.17, 15) is 0 Å². The standard InChI is InChI=1S/C64H64N4O/c1-61(2,3)47-29-22-30-50(35-47)66-42-58(44-23-14-11-15-24-44)67(43-66)51-36-49(64(9,10)46-27-18-13-19-28-46)37-52(39-51)69-53-40-55(62(4,5)6)60-54-31-20-21-32-56(54)68(57(60)41-53)59-38-48(33-34-65-59)63(7,8)45-25-16-12-17-26-45/h11-42H,43H2,1-10H3. The van der Waals surface area contributed by atoms with Crippen LogP contribution in [0, 0.1) is 0 Å². The SMILES string of the molecule is CC(C)(C)c1cccc(N2C=C(c3ccccc3)N(c3cc(Oc4cc(C(C)(C)C)c5c6ccccc6n(-c6cc(C(C)(C)c7ccccc7)ccn6)c5c4)cc(C(C)(C)c4ccccc4)c3)C2)c1. The molecule has 346 valence electrons. The van der Waals surface area contributed by atoms with Crippen LogP contribution in [-0.2, 0) is 21.7 Å². The van der Waals surface area contributed by atoms with E-state index in [0.29, 0.717) is 6.67 Å². The number of nitrogens with zero attached hydrogens (tertiary/aromatic N) is 4. The van der Waals surface area contributed by atoms with Crippen molar-refractivity contribution in [3.63, 3.8) is 0 Å². The van der Waals surface area contributed by atoms with Crippen molar-refractivity contribution in [2.24, 2.45) is 0 Å². The van der Waals surface area contributed by atoms with Gasteiger partial charge in [-0.05, 0) is 98.3 Å². The number of anilines is 2. The van der Waals surface area contributed by atoms with Crippen molar-refractivity contribution < 1.29 is 4.74 Å². The van der Waals surface area contributed by atoms with Crippen LogP contribution in [0.2, 0.25) is 0 Å². The number of hydrogen-bond donors (Lipinski definition) is 0. The van der Waals surface area contributed by atoms with E-state index >= 15 is 0 Å². The summed E-state index contributed by atoms with van der Waals surface area (Å²) in [6.07, 6.45) is 4.26. The monoisotopic (exact) mass is 905 g/mol. The zero-order valence-electron chi connectivity index (χ0n) is 41.9. The van der Waals surface area contributed by atoms with Gasteiger partial charge in [0.2, 0.25) is 0 Å². The number of pyridine rings is 1. The van der Waals surface area contributed by atoms with Crippen LogP contribution < -0.4 is 14.5 Å². The van der Waals surface area contributed by atoms with Crippen molar-refractivity contribution in [2.45, 2.75) is 90.9 Å². The highest BCUT2D eigenvalue weighted by Gasteiger charge is 2.31. The highest BCUT2D eigenvalue weighted by Crippen LogP contribution is 2.45. The lowest BCUT2D eigenvalue weighted by Crippen LogP contribution is -2.27. The lowest BCUT2D eigenvalue weighted by molar-refractivity contribution is 0.477. The molecular weight excluding hydrogens is 841 g/mol. The summed E-state index contributed by atoms with van der Waals surface area (Å²) >= 11 is 0. The predicted molar refractivity (Wildman–Crippen MR) is 290 cm³/mol. The Bertz CT molecular complexity index is 3350. The molecule has 1 aliphatic rings. The third-order valence-electron chi connectivity index (χ3n) is 14.4. The van der Waals surface area contributed by atoms with Gasteiger partial charge in [-0.15, -0.1) is 0 Å². The number of rotatable bonds is 10. The molecule has 2 aromatic heterocycles. The van der Waals surface area contributed by atoms with Crippen molar-refractivity contribution in [3.05, 3.63) is 233 Å². The molecule has 3 heterocycles. The summed E-state index contributed by atoms with van der Waals surface area (Å²) < 4.78 is 9.66. The fourth-order valence-electron chi connectivity index (χ4n) is 10.1. The summed E-state index contributed by atoms with van der Waals surface area (Å²) in [5.41, 5.74) is 13.3. The Morgan fingerprint density at radius 1 is 0.464 bits per heavy atom. The molecule has 0 bridgehead atoms. The fourth-order valence-corrected chi connectivity index (χ4v) is 10.1. The summed E-state index contributed by atoms with van der Waals surface area (Å²) in [5.74, 6) is 2.43. The van der Waals surface area contributed by atoms with Crippen molar-refractivity contribution in [3.8, 4) is 17.3 Å². The van der Waals surface area contributed by atoms with Gasteiger partial charge in [0.05, 0.1) is 23.4 Å². The number of hydrogen-bond acceptors (Lipinski definition) is 4. The molecule has 10 rings (SSSR count). The van der Waals surface area contributed by atoms with Crippen LogP contribution in [0.5, 0.6) is 11.5 Å². The Kier molecular flexibility index (Phi) is 11.4. The van der Waals surface area contributed by atoms with Crippen LogP contribution in [0.25, 0.3) is 33.3 Å². The van der Waals surface area contributed by atoms with E-state index in [1.54, 1.807) is 0 Å². The minimum atomic E-state index is -0.344. The van der Waals surface area contributed by atoms with E-state index in [-0.39, 0.29) is 21.7 Å². The molecule has 1 aliphatic heterocycles. The average molecular weight is 905 g/mol. The molecule has 0 unspecified atom stereocenters. The molecule has 0 saturated carbocycles. The topological polar surface area (TPSA) is 33.5 Å². The zero-order valence-corrected chi connectivity index (χ0v) is 41.9. The van der Waals surface area contributed by atoms with Gasteiger partial charge in [-0.1, -0.05) is 191 Å². The molecule has 0 atom stereocenters. The second-order valence-electron chi connectivity index (χ2n) is 21.9. The second-order valence-corrected chi connectivity index (χ2v) is 21.9. The molecule has 0 fully saturated rings. The molecule has 0 saturated heterocycles. The number of fused-ring (bicyclic) bond motifs is 3. The first kappa shape index (κ1) is 45.4. The van der Waals surface area contributed by atoms with E-state index in [2.05, 4.69) is 272 Å². The first-order valence-corrected chi connectivity index (χ1v) is 24.4. The maximum absolute atomic E-state index is 7.33. The van der Waals surface area contributed by atoms with Crippen molar-refractivity contribution in [1.29, 1.82) is 0 Å². The average Bonchev–Trinajstić information content (AvgIpc) is 3.95. The third-order valence-corrected chi connectivity index (χ3v) is 14.4. The van der Waals surface area contributed by atoms with Crippen molar-refractivity contribution >= 4 is 38.9 Å². The smallest absolute Gasteiger partial charge is 0.137 e. The molecule has 0 N–H and O–H groups in total. The van der Waals surface area contributed by atoms with Crippen molar-refractivity contribution in [2.75, 3.05) is 16.5 Å². The summed E-state index contributed by atoms with van der Waals surface area (Å²) in [5, 5.41) is 2.41. The lowest BCUT2D eigenvalue weighted by Gasteiger charge is -2.30. The van der Waals surface area contributed by atoms with Gasteiger partial charge < -0.3 is 14.5 Å². The van der Waals surface area contributed by atoms with E-state index in [1.165, 1.54) is 38.6 Å². The zero-order chi connectivity index (χ0) is 48.3. The number of aromatic nitrogens is 2. The molecule has 9 aromatic rings. The van der Waals surface area contributed by atoms with Gasteiger partial charge in [-0.25, -0.2) is 4.98 Å². The molecule has 0 spiro atoms. The third kappa shape index (κ3) is 8.60. The van der Waals surface area contributed by atoms with E-state index in [1.807, 2.05) is 6.20 Å². The Balaban J connectivity index is 1.14. The Morgan fingerprint density at radius 2 is 1.06 bits per heavy atom. The van der Waals surface area contributed by atoms with Crippen LogP contribution in [0.1, 0.15) is 108 Å². The number of para-hydroxylation sites is 1. The van der Waals surface area contributed by atoms with Gasteiger partial charge in [-0.2, -0.15) is 0 Å². The van der Waals surface area contributed by atoms with Gasteiger partial charge in [-0.3, -0.25) is 4.57 Å². The van der Waals surface area contributed by atoms with Gasteiger partial charge in [0.25, 0.3) is 0 Å². The first-order valence-electron chi connectivity index (χ1n) is 24.4. The second kappa shape index (κ2) is 17.3. The van der Waals surface area contributed by atoms with Crippen LogP contribution in [0.3, 0.4) is 0 Å². The van der Waals surface area contributed by atoms with Gasteiger partial charge in [0, 0.05) is 57.5 Å². The highest BCUT2D eigenvalue weighted by molar-refractivity contribution is 6.11. The highest BCUT2D eigenvalue weighted by atomic mass is 16.5. The van der Waals surface area contributed by atoms with Gasteiger partial charge >= 0.3 is 0 Å². The van der Waals surface area contributed by atoms with Crippen LogP contribution >= 0.6 is 0 Å². The quantitative estimate of drug-likeness (QED) is 0.137. The van der Waals surface area contributed by atoms with Crippen molar-refractivity contribution in [1.82, 2.24) is 9.55 Å². The number of benzene rings is 7. The Hall–Kier alpha value is -7.37. The maximum Gasteiger partial charge on any atom is 0.137 e. The molecule has 0 radical (unpaired) electrons. The summed E-state index contributed by atoms with van der Waals surface area (Å²) in [4.78, 5) is 9.91. The van der Waals surface area contributed by atoms with E-state index in [4.69, 9.17) is 9.72 Å². The molecule has 7 aromatic carbocycles. The van der Waals surface area contributed by atoms with Gasteiger partial charge in [0.1, 0.15) is 17.3 Å². The summed E-state index contributed by atoms with van der Waals surface area (Å²) in [7, 11) is 0. The normalized spacial score (nSPS) is 13.6. The van der Waals surface area contributed by atoms with Crippen LogP contribution in [0.4, 0.5) is 11.4 Å². The van der Waals surface area contributed by atoms with E-state index in [0.717, 1.165) is 56.5 Å². The van der Waals surface area contributed by atoms with E-state index < -0.39 is 0 Å². The number of ether oxygens (including phenoxy) is 1. The molecule has 5 heteroatoms. The minimum absolute atomic E-state index is 0.0229. The Labute approximate surface area is 409 Å². The molecular formula is C64H64N4O. The van der Waals surface area contributed by atoms with Gasteiger partial charge in [0.15, 0.2) is 0 Å². The molecule has 0 aliphatic carbocycles. The largest absolute Gasteiger partial charge is 0.457 e. The maximum atomic E-state index is 7.33. The fraction of sp³-hybridized carbons (Fsp3) is 0.234. The Morgan fingerprint density at radius 3 is 1.72 bits per heavy atom. The molecule has 5 nitrogen and oxygen atoms in total. The first-order chi connectivity index (χ1) is 33.0. The van der Waals surface area contributed by atoms with Crippen LogP contribution in [-0.4, -0.2) is 16.2 Å². The lowest BCUT2D eigenvalue weighted by atomic mass is 9.78. The minimum Gasteiger partial charge on any atom is -0.457 e. The molecule has 69 heavy (non-hydrogen) atoms. The predicted octanol–water partition coefficient (Wildman–Crippen LogP) is 16.5. The summed E-state index contributed by atoms with van der Waals surface area (Å²) in [6.45, 7) is 23.6. The van der Waals surface area contributed by atoms with Crippen LogP contribution in [0.15, 0.2) is 194 Å².